The lowest BCUT2D eigenvalue weighted by atomic mass is 10.1. The second-order valence-corrected chi connectivity index (χ2v) is 6.25. The summed E-state index contributed by atoms with van der Waals surface area (Å²) in [6.45, 7) is 5.70. The van der Waals surface area contributed by atoms with Gasteiger partial charge < -0.3 is 10.1 Å². The van der Waals surface area contributed by atoms with Gasteiger partial charge in [-0.2, -0.15) is 13.2 Å². The standard InChI is InChI=1S/C20H22F3NO2/c1-4-18(26-17-9-13(2)8-14(3)10-17)19(25)24-12-15-6-5-7-16(11-15)20(21,22)23/h5-11,18H,4,12H2,1-3H3,(H,24,25)/t18-/m1/s1. The number of carbonyl (C=O) groups is 1. The number of rotatable bonds is 6. The Bertz CT molecular complexity index is 752. The van der Waals surface area contributed by atoms with Crippen LogP contribution in [0.5, 0.6) is 5.75 Å². The van der Waals surface area contributed by atoms with Crippen molar-refractivity contribution in [3.63, 3.8) is 0 Å². The summed E-state index contributed by atoms with van der Waals surface area (Å²) < 4.78 is 44.0. The summed E-state index contributed by atoms with van der Waals surface area (Å²) in [6.07, 6.45) is -4.67. The molecule has 0 saturated heterocycles. The van der Waals surface area contributed by atoms with E-state index < -0.39 is 17.8 Å². The Morgan fingerprint density at radius 2 is 1.77 bits per heavy atom. The first-order chi connectivity index (χ1) is 12.2. The van der Waals surface area contributed by atoms with Crippen molar-refractivity contribution in [2.24, 2.45) is 0 Å². The van der Waals surface area contributed by atoms with E-state index in [1.54, 1.807) is 6.07 Å². The summed E-state index contributed by atoms with van der Waals surface area (Å²) in [5.41, 5.74) is 1.70. The van der Waals surface area contributed by atoms with Crippen LogP contribution >= 0.6 is 0 Å². The molecule has 26 heavy (non-hydrogen) atoms. The van der Waals surface area contributed by atoms with Gasteiger partial charge in [0.15, 0.2) is 6.10 Å². The van der Waals surface area contributed by atoms with Gasteiger partial charge in [-0.1, -0.05) is 25.1 Å². The molecule has 2 rings (SSSR count). The van der Waals surface area contributed by atoms with E-state index in [4.69, 9.17) is 4.74 Å². The highest BCUT2D eigenvalue weighted by Gasteiger charge is 2.30. The second-order valence-electron chi connectivity index (χ2n) is 6.25. The number of halogens is 3. The molecule has 0 aliphatic rings. The second kappa shape index (κ2) is 8.25. The van der Waals surface area contributed by atoms with Gasteiger partial charge in [0.2, 0.25) is 0 Å². The van der Waals surface area contributed by atoms with Crippen molar-refractivity contribution in [1.29, 1.82) is 0 Å². The van der Waals surface area contributed by atoms with Crippen molar-refractivity contribution in [3.05, 3.63) is 64.7 Å². The molecule has 3 nitrogen and oxygen atoms in total. The van der Waals surface area contributed by atoms with Gasteiger partial charge in [-0.25, -0.2) is 0 Å². The van der Waals surface area contributed by atoms with Crippen LogP contribution in [0.25, 0.3) is 0 Å². The number of alkyl halides is 3. The summed E-state index contributed by atoms with van der Waals surface area (Å²) in [6, 6.07) is 10.6. The molecule has 0 spiro atoms. The molecule has 0 aliphatic carbocycles. The number of ether oxygens (including phenoxy) is 1. The van der Waals surface area contributed by atoms with Crippen molar-refractivity contribution in [1.82, 2.24) is 5.32 Å². The number of amides is 1. The van der Waals surface area contributed by atoms with Gasteiger partial charge in [-0.3, -0.25) is 4.79 Å². The highest BCUT2D eigenvalue weighted by atomic mass is 19.4. The Balaban J connectivity index is 2.01. The van der Waals surface area contributed by atoms with Crippen LogP contribution < -0.4 is 10.1 Å². The van der Waals surface area contributed by atoms with Crippen LogP contribution in [0.4, 0.5) is 13.2 Å². The van der Waals surface area contributed by atoms with E-state index in [0.717, 1.165) is 23.3 Å². The molecule has 2 aromatic rings. The van der Waals surface area contributed by atoms with Crippen LogP contribution in [-0.4, -0.2) is 12.0 Å². The molecule has 0 bridgehead atoms. The molecule has 0 unspecified atom stereocenters. The molecule has 0 aromatic heterocycles. The fraction of sp³-hybridized carbons (Fsp3) is 0.350. The van der Waals surface area contributed by atoms with E-state index in [2.05, 4.69) is 5.32 Å². The van der Waals surface area contributed by atoms with E-state index >= 15 is 0 Å². The first-order valence-electron chi connectivity index (χ1n) is 8.38. The summed E-state index contributed by atoms with van der Waals surface area (Å²) in [7, 11) is 0. The van der Waals surface area contributed by atoms with Crippen LogP contribution in [-0.2, 0) is 17.5 Å². The van der Waals surface area contributed by atoms with Gasteiger partial charge in [0.25, 0.3) is 5.91 Å². The molecule has 0 fully saturated rings. The maximum Gasteiger partial charge on any atom is 0.416 e. The van der Waals surface area contributed by atoms with Crippen LogP contribution in [0, 0.1) is 13.8 Å². The van der Waals surface area contributed by atoms with Crippen LogP contribution in [0.1, 0.15) is 35.6 Å². The molecule has 0 aliphatic heterocycles. The largest absolute Gasteiger partial charge is 0.481 e. The number of nitrogens with one attached hydrogen (secondary N) is 1. The van der Waals surface area contributed by atoms with Crippen molar-refractivity contribution in [2.75, 3.05) is 0 Å². The Kier molecular flexibility index (Phi) is 6.29. The average molecular weight is 365 g/mol. The third kappa shape index (κ3) is 5.51. The number of hydrogen-bond acceptors (Lipinski definition) is 2. The number of hydrogen-bond donors (Lipinski definition) is 1. The van der Waals surface area contributed by atoms with Gasteiger partial charge in [-0.05, 0) is 61.2 Å². The number of aryl methyl sites for hydroxylation is 2. The first-order valence-corrected chi connectivity index (χ1v) is 8.38. The van der Waals surface area contributed by atoms with Gasteiger partial charge in [0.1, 0.15) is 5.75 Å². The lowest BCUT2D eigenvalue weighted by molar-refractivity contribution is -0.137. The van der Waals surface area contributed by atoms with E-state index in [1.165, 1.54) is 6.07 Å². The van der Waals surface area contributed by atoms with E-state index in [1.807, 2.05) is 39.0 Å². The molecule has 1 amide bonds. The normalized spacial score (nSPS) is 12.5. The van der Waals surface area contributed by atoms with Crippen LogP contribution in [0.15, 0.2) is 42.5 Å². The molecule has 6 heteroatoms. The predicted octanol–water partition coefficient (Wildman–Crippen LogP) is 4.80. The Morgan fingerprint density at radius 1 is 1.12 bits per heavy atom. The van der Waals surface area contributed by atoms with Gasteiger partial charge in [-0.15, -0.1) is 0 Å². The zero-order chi connectivity index (χ0) is 19.3. The zero-order valence-corrected chi connectivity index (χ0v) is 15.0. The topological polar surface area (TPSA) is 38.3 Å². The maximum absolute atomic E-state index is 12.7. The SMILES string of the molecule is CC[C@@H](Oc1cc(C)cc(C)c1)C(=O)NCc1cccc(C(F)(F)F)c1. The molecule has 0 radical (unpaired) electrons. The van der Waals surface area contributed by atoms with Crippen molar-refractivity contribution in [3.8, 4) is 5.75 Å². The summed E-state index contributed by atoms with van der Waals surface area (Å²) in [5, 5.41) is 2.65. The summed E-state index contributed by atoms with van der Waals surface area (Å²) >= 11 is 0. The first kappa shape index (κ1) is 19.8. The molecule has 2 aromatic carbocycles. The third-order valence-corrected chi connectivity index (χ3v) is 3.86. The summed E-state index contributed by atoms with van der Waals surface area (Å²) in [4.78, 5) is 12.3. The van der Waals surface area contributed by atoms with E-state index in [9.17, 15) is 18.0 Å². The van der Waals surface area contributed by atoms with Gasteiger partial charge in [0.05, 0.1) is 5.56 Å². The zero-order valence-electron chi connectivity index (χ0n) is 15.0. The lowest BCUT2D eigenvalue weighted by Gasteiger charge is -2.18. The van der Waals surface area contributed by atoms with E-state index in [-0.39, 0.29) is 12.5 Å². The number of benzene rings is 2. The van der Waals surface area contributed by atoms with Gasteiger partial charge >= 0.3 is 6.18 Å². The molecule has 0 saturated carbocycles. The fourth-order valence-electron chi connectivity index (χ4n) is 2.65. The fourth-order valence-corrected chi connectivity index (χ4v) is 2.65. The number of carbonyl (C=O) groups excluding carboxylic acids is 1. The quantitative estimate of drug-likeness (QED) is 0.799. The molecule has 140 valence electrons. The molecular formula is C20H22F3NO2. The molecular weight excluding hydrogens is 343 g/mol. The Morgan fingerprint density at radius 3 is 2.35 bits per heavy atom. The molecule has 1 atom stereocenters. The minimum Gasteiger partial charge on any atom is -0.481 e. The maximum atomic E-state index is 12.7. The smallest absolute Gasteiger partial charge is 0.416 e. The molecule has 1 N–H and O–H groups in total. The highest BCUT2D eigenvalue weighted by molar-refractivity contribution is 5.81. The lowest BCUT2D eigenvalue weighted by Crippen LogP contribution is -2.37. The van der Waals surface area contributed by atoms with Crippen molar-refractivity contribution >= 4 is 5.91 Å². The van der Waals surface area contributed by atoms with E-state index in [0.29, 0.717) is 17.7 Å². The van der Waals surface area contributed by atoms with Crippen molar-refractivity contribution < 1.29 is 22.7 Å². The Labute approximate surface area is 151 Å². The monoisotopic (exact) mass is 365 g/mol. The predicted molar refractivity (Wildman–Crippen MR) is 93.9 cm³/mol. The van der Waals surface area contributed by atoms with Gasteiger partial charge in [0, 0.05) is 6.54 Å². The van der Waals surface area contributed by atoms with Crippen LogP contribution in [0.3, 0.4) is 0 Å². The minimum absolute atomic E-state index is 0.00938. The average Bonchev–Trinajstić information content (AvgIpc) is 2.56. The van der Waals surface area contributed by atoms with Crippen molar-refractivity contribution in [2.45, 2.75) is 46.0 Å². The third-order valence-electron chi connectivity index (χ3n) is 3.86. The van der Waals surface area contributed by atoms with Crippen LogP contribution in [0.2, 0.25) is 0 Å². The summed E-state index contributed by atoms with van der Waals surface area (Å²) in [5.74, 6) is 0.243. The molecule has 0 heterocycles. The highest BCUT2D eigenvalue weighted by Crippen LogP contribution is 2.29. The Hall–Kier alpha value is -2.50. The minimum atomic E-state index is -4.40.